The number of rotatable bonds is 5. The van der Waals surface area contributed by atoms with E-state index in [9.17, 15) is 4.79 Å². The third-order valence-electron chi connectivity index (χ3n) is 3.65. The van der Waals surface area contributed by atoms with Gasteiger partial charge in [-0.1, -0.05) is 6.92 Å². The summed E-state index contributed by atoms with van der Waals surface area (Å²) in [5.74, 6) is 0.658. The summed E-state index contributed by atoms with van der Waals surface area (Å²) in [6, 6.07) is 3.91. The second-order valence-electron chi connectivity index (χ2n) is 5.38. The van der Waals surface area contributed by atoms with Crippen molar-refractivity contribution in [3.05, 3.63) is 23.9 Å². The van der Waals surface area contributed by atoms with Crippen LogP contribution in [0, 0.1) is 0 Å². The van der Waals surface area contributed by atoms with E-state index in [-0.39, 0.29) is 11.9 Å². The van der Waals surface area contributed by atoms with E-state index in [0.717, 1.165) is 38.9 Å². The predicted octanol–water partition coefficient (Wildman–Crippen LogP) is 1.73. The van der Waals surface area contributed by atoms with E-state index >= 15 is 0 Å². The molecule has 1 aromatic rings. The zero-order chi connectivity index (χ0) is 14.4. The van der Waals surface area contributed by atoms with Crippen molar-refractivity contribution in [3.8, 4) is 0 Å². The van der Waals surface area contributed by atoms with Gasteiger partial charge in [0.1, 0.15) is 5.82 Å². The van der Waals surface area contributed by atoms with Crippen LogP contribution in [0.3, 0.4) is 0 Å². The summed E-state index contributed by atoms with van der Waals surface area (Å²) in [4.78, 5) is 18.9. The van der Waals surface area contributed by atoms with Crippen LogP contribution >= 0.6 is 0 Å². The molecular formula is C15H24N4O. The molecule has 1 fully saturated rings. The first-order chi connectivity index (χ1) is 9.70. The Kier molecular flexibility index (Phi) is 5.35. The Balaban J connectivity index is 1.98. The summed E-state index contributed by atoms with van der Waals surface area (Å²) in [7, 11) is 2.12. The Labute approximate surface area is 120 Å². The quantitative estimate of drug-likeness (QED) is 0.860. The van der Waals surface area contributed by atoms with Crippen molar-refractivity contribution in [1.29, 1.82) is 0 Å². The highest BCUT2D eigenvalue weighted by Gasteiger charge is 2.20. The van der Waals surface area contributed by atoms with Gasteiger partial charge in [0.2, 0.25) is 0 Å². The molecule has 1 amide bonds. The zero-order valence-corrected chi connectivity index (χ0v) is 12.4. The van der Waals surface area contributed by atoms with Gasteiger partial charge < -0.3 is 15.5 Å². The smallest absolute Gasteiger partial charge is 0.255 e. The monoisotopic (exact) mass is 276 g/mol. The number of nitrogens with one attached hydrogen (secondary N) is 2. The largest absolute Gasteiger partial charge is 0.369 e. The maximum atomic E-state index is 12.4. The van der Waals surface area contributed by atoms with E-state index in [2.05, 4.69) is 34.5 Å². The number of aromatic nitrogens is 1. The molecule has 0 atom stereocenters. The van der Waals surface area contributed by atoms with Crippen LogP contribution in [-0.4, -0.2) is 48.5 Å². The molecule has 2 heterocycles. The van der Waals surface area contributed by atoms with E-state index in [1.165, 1.54) is 0 Å². The van der Waals surface area contributed by atoms with Crippen LogP contribution in [0.1, 0.15) is 36.5 Å². The first-order valence-electron chi connectivity index (χ1n) is 7.39. The molecule has 2 N–H and O–H groups in total. The Morgan fingerprint density at radius 3 is 2.90 bits per heavy atom. The fourth-order valence-corrected chi connectivity index (χ4v) is 2.39. The molecule has 1 aliphatic rings. The molecule has 2 rings (SSSR count). The van der Waals surface area contributed by atoms with Gasteiger partial charge in [-0.2, -0.15) is 0 Å². The summed E-state index contributed by atoms with van der Waals surface area (Å²) in [6.45, 7) is 5.00. The van der Waals surface area contributed by atoms with E-state index in [4.69, 9.17) is 0 Å². The Morgan fingerprint density at radius 1 is 1.45 bits per heavy atom. The standard InChI is InChI=1S/C15H24N4O/c1-3-8-16-14-13(5-4-9-17-14)15(20)18-12-6-10-19(2)11-7-12/h4-5,9,12H,3,6-8,10-11H2,1-2H3,(H,16,17)(H,18,20). The average molecular weight is 276 g/mol. The molecule has 20 heavy (non-hydrogen) atoms. The molecule has 0 bridgehead atoms. The van der Waals surface area contributed by atoms with Crippen LogP contribution in [0.2, 0.25) is 0 Å². The summed E-state index contributed by atoms with van der Waals surface area (Å²) in [5.41, 5.74) is 0.639. The van der Waals surface area contributed by atoms with Gasteiger partial charge in [0, 0.05) is 18.8 Å². The number of pyridine rings is 1. The second kappa shape index (κ2) is 7.24. The molecule has 1 aliphatic heterocycles. The summed E-state index contributed by atoms with van der Waals surface area (Å²) in [6.07, 6.45) is 4.75. The highest BCUT2D eigenvalue weighted by molar-refractivity contribution is 5.98. The summed E-state index contributed by atoms with van der Waals surface area (Å²) in [5, 5.41) is 6.33. The van der Waals surface area contributed by atoms with Crippen LogP contribution in [0.15, 0.2) is 18.3 Å². The highest BCUT2D eigenvalue weighted by Crippen LogP contribution is 2.14. The fraction of sp³-hybridized carbons (Fsp3) is 0.600. The summed E-state index contributed by atoms with van der Waals surface area (Å²) < 4.78 is 0. The molecule has 5 nitrogen and oxygen atoms in total. The first kappa shape index (κ1) is 14.8. The molecule has 0 aliphatic carbocycles. The van der Waals surface area contributed by atoms with Gasteiger partial charge in [-0.3, -0.25) is 4.79 Å². The highest BCUT2D eigenvalue weighted by atomic mass is 16.1. The summed E-state index contributed by atoms with van der Waals surface area (Å²) >= 11 is 0. The molecule has 1 aromatic heterocycles. The molecule has 0 radical (unpaired) electrons. The first-order valence-corrected chi connectivity index (χ1v) is 7.39. The minimum absolute atomic E-state index is 0.0220. The normalized spacial score (nSPS) is 16.9. The molecule has 0 saturated carbocycles. The van der Waals surface area contributed by atoms with E-state index in [1.807, 2.05) is 6.07 Å². The van der Waals surface area contributed by atoms with Gasteiger partial charge in [0.25, 0.3) is 5.91 Å². The maximum absolute atomic E-state index is 12.4. The SMILES string of the molecule is CCCNc1ncccc1C(=O)NC1CCN(C)CC1. The third kappa shape index (κ3) is 3.93. The maximum Gasteiger partial charge on any atom is 0.255 e. The van der Waals surface area contributed by atoms with E-state index in [1.54, 1.807) is 12.3 Å². The topological polar surface area (TPSA) is 57.3 Å². The second-order valence-corrected chi connectivity index (χ2v) is 5.38. The molecule has 0 spiro atoms. The molecule has 0 unspecified atom stereocenters. The van der Waals surface area contributed by atoms with Gasteiger partial charge >= 0.3 is 0 Å². The van der Waals surface area contributed by atoms with Crippen molar-refractivity contribution >= 4 is 11.7 Å². The number of piperidine rings is 1. The van der Waals surface area contributed by atoms with Crippen LogP contribution in [-0.2, 0) is 0 Å². The van der Waals surface area contributed by atoms with Crippen LogP contribution < -0.4 is 10.6 Å². The predicted molar refractivity (Wildman–Crippen MR) is 81.0 cm³/mol. The number of amides is 1. The molecular weight excluding hydrogens is 252 g/mol. The number of hydrogen-bond donors (Lipinski definition) is 2. The Bertz CT molecular complexity index is 441. The lowest BCUT2D eigenvalue weighted by Gasteiger charge is -2.29. The van der Waals surface area contributed by atoms with Crippen molar-refractivity contribution in [3.63, 3.8) is 0 Å². The number of nitrogens with zero attached hydrogens (tertiary/aromatic N) is 2. The lowest BCUT2D eigenvalue weighted by atomic mass is 10.0. The van der Waals surface area contributed by atoms with E-state index < -0.39 is 0 Å². The number of carbonyl (C=O) groups excluding carboxylic acids is 1. The number of hydrogen-bond acceptors (Lipinski definition) is 4. The van der Waals surface area contributed by atoms with Crippen molar-refractivity contribution in [2.45, 2.75) is 32.2 Å². The Hall–Kier alpha value is -1.62. The van der Waals surface area contributed by atoms with Crippen LogP contribution in [0.4, 0.5) is 5.82 Å². The fourth-order valence-electron chi connectivity index (χ4n) is 2.39. The average Bonchev–Trinajstić information content (AvgIpc) is 2.47. The Morgan fingerprint density at radius 2 is 2.20 bits per heavy atom. The van der Waals surface area contributed by atoms with Gasteiger partial charge in [-0.05, 0) is 51.5 Å². The number of carbonyl (C=O) groups is 1. The van der Waals surface area contributed by atoms with Crippen LogP contribution in [0.25, 0.3) is 0 Å². The van der Waals surface area contributed by atoms with Crippen molar-refractivity contribution < 1.29 is 4.79 Å². The molecule has 5 heteroatoms. The molecule has 1 saturated heterocycles. The van der Waals surface area contributed by atoms with Crippen molar-refractivity contribution in [2.75, 3.05) is 32.0 Å². The zero-order valence-electron chi connectivity index (χ0n) is 12.4. The van der Waals surface area contributed by atoms with Gasteiger partial charge in [0.05, 0.1) is 5.56 Å². The van der Waals surface area contributed by atoms with Crippen LogP contribution in [0.5, 0.6) is 0 Å². The van der Waals surface area contributed by atoms with Crippen molar-refractivity contribution in [2.24, 2.45) is 0 Å². The third-order valence-corrected chi connectivity index (χ3v) is 3.65. The number of anilines is 1. The van der Waals surface area contributed by atoms with Gasteiger partial charge in [0.15, 0.2) is 0 Å². The van der Waals surface area contributed by atoms with Crippen molar-refractivity contribution in [1.82, 2.24) is 15.2 Å². The van der Waals surface area contributed by atoms with Gasteiger partial charge in [-0.25, -0.2) is 4.98 Å². The van der Waals surface area contributed by atoms with Gasteiger partial charge in [-0.15, -0.1) is 0 Å². The minimum Gasteiger partial charge on any atom is -0.369 e. The molecule has 0 aromatic carbocycles. The number of likely N-dealkylation sites (tertiary alicyclic amines) is 1. The lowest BCUT2D eigenvalue weighted by molar-refractivity contribution is 0.0917. The molecule has 110 valence electrons. The minimum atomic E-state index is -0.0220. The van der Waals surface area contributed by atoms with E-state index in [0.29, 0.717) is 11.4 Å². The lowest BCUT2D eigenvalue weighted by Crippen LogP contribution is -2.43.